The van der Waals surface area contributed by atoms with Crippen molar-refractivity contribution in [3.8, 4) is 11.5 Å². The number of hydrogen-bond acceptors (Lipinski definition) is 2. The molecule has 2 nitrogen and oxygen atoms in total. The molecular formula is C14H19ClO2. The Morgan fingerprint density at radius 2 is 1.76 bits per heavy atom. The van der Waals surface area contributed by atoms with Crippen molar-refractivity contribution in [3.05, 3.63) is 23.8 Å². The van der Waals surface area contributed by atoms with Gasteiger partial charge in [0.15, 0.2) is 11.5 Å². The topological polar surface area (TPSA) is 18.5 Å². The van der Waals surface area contributed by atoms with Crippen molar-refractivity contribution in [2.75, 3.05) is 13.2 Å². The molecule has 0 spiro atoms. The van der Waals surface area contributed by atoms with Gasteiger partial charge in [-0.3, -0.25) is 0 Å². The smallest absolute Gasteiger partial charge is 0.161 e. The van der Waals surface area contributed by atoms with Crippen LogP contribution in [0.4, 0.5) is 0 Å². The van der Waals surface area contributed by atoms with E-state index in [-0.39, 0.29) is 10.8 Å². The molecule has 1 heterocycles. The van der Waals surface area contributed by atoms with Gasteiger partial charge in [-0.1, -0.05) is 26.8 Å². The van der Waals surface area contributed by atoms with Crippen LogP contribution < -0.4 is 9.47 Å². The molecule has 0 radical (unpaired) electrons. The minimum Gasteiger partial charge on any atom is -0.490 e. The van der Waals surface area contributed by atoms with Crippen molar-refractivity contribution in [1.29, 1.82) is 0 Å². The fourth-order valence-electron chi connectivity index (χ4n) is 1.84. The minimum atomic E-state index is -0.0281. The molecule has 1 aromatic carbocycles. The van der Waals surface area contributed by atoms with Crippen LogP contribution in [0.1, 0.15) is 38.1 Å². The summed E-state index contributed by atoms with van der Waals surface area (Å²) in [6.07, 6.45) is 0.924. The second-order valence-electron chi connectivity index (χ2n) is 5.49. The predicted molar refractivity (Wildman–Crippen MR) is 70.1 cm³/mol. The molecule has 17 heavy (non-hydrogen) atoms. The fraction of sp³-hybridized carbons (Fsp3) is 0.571. The zero-order valence-corrected chi connectivity index (χ0v) is 11.4. The zero-order valence-electron chi connectivity index (χ0n) is 10.6. The summed E-state index contributed by atoms with van der Waals surface area (Å²) in [5, 5.41) is -0.0281. The van der Waals surface area contributed by atoms with Gasteiger partial charge in [0.25, 0.3) is 0 Å². The first-order valence-electron chi connectivity index (χ1n) is 6.02. The van der Waals surface area contributed by atoms with Crippen LogP contribution >= 0.6 is 11.6 Å². The molecule has 0 saturated heterocycles. The lowest BCUT2D eigenvalue weighted by molar-refractivity contribution is 0.297. The van der Waals surface area contributed by atoms with Crippen molar-refractivity contribution >= 4 is 11.6 Å². The lowest BCUT2D eigenvalue weighted by Crippen LogP contribution is -2.13. The number of rotatable bonds is 1. The number of ether oxygens (including phenoxy) is 2. The van der Waals surface area contributed by atoms with Crippen LogP contribution in [0, 0.1) is 5.41 Å². The minimum absolute atomic E-state index is 0.0281. The number of benzene rings is 1. The van der Waals surface area contributed by atoms with Gasteiger partial charge in [-0.25, -0.2) is 0 Å². The van der Waals surface area contributed by atoms with Crippen LogP contribution in [0.25, 0.3) is 0 Å². The van der Waals surface area contributed by atoms with Gasteiger partial charge < -0.3 is 9.47 Å². The van der Waals surface area contributed by atoms with Gasteiger partial charge in [-0.05, 0) is 23.1 Å². The van der Waals surface area contributed by atoms with E-state index in [0.29, 0.717) is 6.61 Å². The van der Waals surface area contributed by atoms with E-state index in [0.717, 1.165) is 30.1 Å². The molecule has 0 bridgehead atoms. The number of hydrogen-bond donors (Lipinski definition) is 0. The normalized spacial score (nSPS) is 17.4. The summed E-state index contributed by atoms with van der Waals surface area (Å²) in [5.41, 5.74) is 1.12. The molecule has 0 amide bonds. The summed E-state index contributed by atoms with van der Waals surface area (Å²) < 4.78 is 11.3. The number of fused-ring (bicyclic) bond motifs is 1. The Kier molecular flexibility index (Phi) is 3.53. The quantitative estimate of drug-likeness (QED) is 0.700. The summed E-state index contributed by atoms with van der Waals surface area (Å²) in [6.45, 7) is 7.82. The molecule has 0 saturated carbocycles. The molecule has 1 aliphatic rings. The number of alkyl halides is 1. The van der Waals surface area contributed by atoms with Gasteiger partial charge in [-0.2, -0.15) is 0 Å². The third-order valence-corrected chi connectivity index (χ3v) is 3.73. The van der Waals surface area contributed by atoms with Gasteiger partial charge in [0.1, 0.15) is 0 Å². The average Bonchev–Trinajstić information content (AvgIpc) is 2.50. The maximum Gasteiger partial charge on any atom is 0.161 e. The Morgan fingerprint density at radius 1 is 1.12 bits per heavy atom. The largest absolute Gasteiger partial charge is 0.490 e. The van der Waals surface area contributed by atoms with E-state index in [9.17, 15) is 0 Å². The maximum absolute atomic E-state index is 6.47. The standard InChI is InChI=1S/C14H19ClO2/c1-14(2,3)13(15)10-5-6-11-12(9-10)17-8-4-7-16-11/h5-6,9,13H,4,7-8H2,1-3H3. The van der Waals surface area contributed by atoms with Crippen LogP contribution in [-0.4, -0.2) is 13.2 Å². The van der Waals surface area contributed by atoms with Gasteiger partial charge in [0, 0.05) is 6.42 Å². The van der Waals surface area contributed by atoms with E-state index in [1.165, 1.54) is 0 Å². The Balaban J connectivity index is 2.29. The molecule has 94 valence electrons. The second kappa shape index (κ2) is 4.77. The Bertz CT molecular complexity index is 396. The van der Waals surface area contributed by atoms with E-state index in [1.54, 1.807) is 0 Å². The first-order chi connectivity index (χ1) is 7.98. The van der Waals surface area contributed by atoms with Crippen LogP contribution in [0.15, 0.2) is 18.2 Å². The molecule has 2 rings (SSSR count). The van der Waals surface area contributed by atoms with Crippen molar-refractivity contribution in [3.63, 3.8) is 0 Å². The first-order valence-corrected chi connectivity index (χ1v) is 6.46. The Morgan fingerprint density at radius 3 is 2.41 bits per heavy atom. The van der Waals surface area contributed by atoms with Gasteiger partial charge in [0.05, 0.1) is 18.6 Å². The number of halogens is 1. The maximum atomic E-state index is 6.47. The molecule has 1 unspecified atom stereocenters. The van der Waals surface area contributed by atoms with Crippen molar-refractivity contribution < 1.29 is 9.47 Å². The summed E-state index contributed by atoms with van der Waals surface area (Å²) in [4.78, 5) is 0. The Hall–Kier alpha value is -0.890. The molecular weight excluding hydrogens is 236 g/mol. The highest BCUT2D eigenvalue weighted by Gasteiger charge is 2.25. The highest BCUT2D eigenvalue weighted by molar-refractivity contribution is 6.21. The van der Waals surface area contributed by atoms with Crippen LogP contribution in [0.3, 0.4) is 0 Å². The van der Waals surface area contributed by atoms with E-state index < -0.39 is 0 Å². The molecule has 1 aromatic rings. The molecule has 3 heteroatoms. The predicted octanol–water partition coefficient (Wildman–Crippen LogP) is 4.17. The fourth-order valence-corrected chi connectivity index (χ4v) is 1.97. The zero-order chi connectivity index (χ0) is 12.5. The van der Waals surface area contributed by atoms with Gasteiger partial charge in [0.2, 0.25) is 0 Å². The van der Waals surface area contributed by atoms with E-state index >= 15 is 0 Å². The molecule has 0 aliphatic carbocycles. The van der Waals surface area contributed by atoms with E-state index in [4.69, 9.17) is 21.1 Å². The van der Waals surface area contributed by atoms with E-state index in [2.05, 4.69) is 20.8 Å². The third-order valence-electron chi connectivity index (χ3n) is 2.82. The van der Waals surface area contributed by atoms with Crippen LogP contribution in [0.2, 0.25) is 0 Å². The summed E-state index contributed by atoms with van der Waals surface area (Å²) in [6, 6.07) is 5.98. The molecule has 1 atom stereocenters. The highest BCUT2D eigenvalue weighted by Crippen LogP contribution is 2.41. The van der Waals surface area contributed by atoms with Crippen molar-refractivity contribution in [1.82, 2.24) is 0 Å². The summed E-state index contributed by atoms with van der Waals surface area (Å²) in [5.74, 6) is 1.64. The highest BCUT2D eigenvalue weighted by atomic mass is 35.5. The third kappa shape index (κ3) is 2.86. The van der Waals surface area contributed by atoms with Crippen LogP contribution in [-0.2, 0) is 0 Å². The lowest BCUT2D eigenvalue weighted by atomic mass is 9.87. The molecule has 1 aliphatic heterocycles. The molecule has 0 fully saturated rings. The first kappa shape index (κ1) is 12.6. The summed E-state index contributed by atoms with van der Waals surface area (Å²) >= 11 is 6.47. The van der Waals surface area contributed by atoms with Crippen LogP contribution in [0.5, 0.6) is 11.5 Å². The van der Waals surface area contributed by atoms with Gasteiger partial charge in [-0.15, -0.1) is 11.6 Å². The summed E-state index contributed by atoms with van der Waals surface area (Å²) in [7, 11) is 0. The Labute approximate surface area is 108 Å². The SMILES string of the molecule is CC(C)(C)C(Cl)c1ccc2c(c1)OCCCO2. The van der Waals surface area contributed by atoms with Crippen molar-refractivity contribution in [2.24, 2.45) is 5.41 Å². The molecule has 0 N–H and O–H groups in total. The lowest BCUT2D eigenvalue weighted by Gasteiger charge is -2.26. The van der Waals surface area contributed by atoms with Gasteiger partial charge >= 0.3 is 0 Å². The van der Waals surface area contributed by atoms with Crippen molar-refractivity contribution in [2.45, 2.75) is 32.6 Å². The van der Waals surface area contributed by atoms with E-state index in [1.807, 2.05) is 18.2 Å². The average molecular weight is 255 g/mol. The monoisotopic (exact) mass is 254 g/mol. The molecule has 0 aromatic heterocycles. The second-order valence-corrected chi connectivity index (χ2v) is 5.92.